The molecule has 0 fully saturated rings. The summed E-state index contributed by atoms with van der Waals surface area (Å²) in [6.45, 7) is 4.04. The summed E-state index contributed by atoms with van der Waals surface area (Å²) in [5, 5.41) is 15.7. The van der Waals surface area contributed by atoms with Gasteiger partial charge in [-0.15, -0.1) is 0 Å². The van der Waals surface area contributed by atoms with Crippen molar-refractivity contribution in [2.24, 2.45) is 0 Å². The molecule has 30 heavy (non-hydrogen) atoms. The molecule has 1 aliphatic rings. The number of anilines is 1. The molecule has 0 bridgehead atoms. The fraction of sp³-hybridized carbons (Fsp3) is 0.227. The Kier molecular flexibility index (Phi) is 4.91. The zero-order valence-corrected chi connectivity index (χ0v) is 16.7. The van der Waals surface area contributed by atoms with Gasteiger partial charge in [-0.05, 0) is 43.9 Å². The number of hydrogen-bond donors (Lipinski definition) is 0. The van der Waals surface area contributed by atoms with E-state index in [9.17, 15) is 19.7 Å². The Hall–Kier alpha value is -3.81. The SMILES string of the molecule is Cc1cccc2c1N(C(=O)c1nn(-c3ccccc3[N+](=O)[O-])c(C)cc1=O)CCC2. The summed E-state index contributed by atoms with van der Waals surface area (Å²) >= 11 is 0. The van der Waals surface area contributed by atoms with Gasteiger partial charge in [0.25, 0.3) is 11.6 Å². The molecule has 2 aromatic carbocycles. The minimum absolute atomic E-state index is 0.158. The highest BCUT2D eigenvalue weighted by Crippen LogP contribution is 2.31. The van der Waals surface area contributed by atoms with E-state index in [0.717, 1.165) is 29.7 Å². The molecular weight excluding hydrogens is 384 g/mol. The van der Waals surface area contributed by atoms with Crippen LogP contribution in [0.2, 0.25) is 0 Å². The molecule has 0 spiro atoms. The minimum atomic E-state index is -0.514. The predicted molar refractivity (Wildman–Crippen MR) is 112 cm³/mol. The number of para-hydroxylation sites is 3. The maximum atomic E-state index is 13.4. The maximum absolute atomic E-state index is 13.4. The van der Waals surface area contributed by atoms with Crippen LogP contribution in [-0.4, -0.2) is 27.2 Å². The van der Waals surface area contributed by atoms with Crippen molar-refractivity contribution in [1.29, 1.82) is 0 Å². The lowest BCUT2D eigenvalue weighted by Gasteiger charge is -2.30. The molecule has 0 N–H and O–H groups in total. The van der Waals surface area contributed by atoms with Gasteiger partial charge in [0.2, 0.25) is 5.43 Å². The fourth-order valence-electron chi connectivity index (χ4n) is 3.92. The first-order valence-electron chi connectivity index (χ1n) is 9.63. The van der Waals surface area contributed by atoms with Crippen molar-refractivity contribution in [3.8, 4) is 5.69 Å². The van der Waals surface area contributed by atoms with Crippen LogP contribution in [0, 0.1) is 24.0 Å². The molecule has 1 aromatic heterocycles. The Morgan fingerprint density at radius 2 is 1.90 bits per heavy atom. The first kappa shape index (κ1) is 19.5. The molecule has 4 rings (SSSR count). The zero-order valence-electron chi connectivity index (χ0n) is 16.7. The molecule has 0 radical (unpaired) electrons. The number of fused-ring (bicyclic) bond motifs is 1. The highest BCUT2D eigenvalue weighted by atomic mass is 16.6. The van der Waals surface area contributed by atoms with E-state index in [2.05, 4.69) is 5.10 Å². The standard InChI is InChI=1S/C22H20N4O4/c1-14-7-5-8-16-9-6-12-24(21(14)16)22(28)20-19(27)13-15(2)25(23-20)17-10-3-4-11-18(17)26(29)30/h3-5,7-8,10-11,13H,6,9,12H2,1-2H3. The highest BCUT2D eigenvalue weighted by molar-refractivity contribution is 6.05. The van der Waals surface area contributed by atoms with Crippen molar-refractivity contribution < 1.29 is 9.72 Å². The number of carbonyl (C=O) groups excluding carboxylic acids is 1. The van der Waals surface area contributed by atoms with E-state index >= 15 is 0 Å². The third-order valence-electron chi connectivity index (χ3n) is 5.28. The molecule has 3 aromatic rings. The number of nitro groups is 1. The minimum Gasteiger partial charge on any atom is -0.306 e. The van der Waals surface area contributed by atoms with Crippen LogP contribution in [0.15, 0.2) is 53.3 Å². The van der Waals surface area contributed by atoms with E-state index in [1.54, 1.807) is 24.0 Å². The van der Waals surface area contributed by atoms with Gasteiger partial charge >= 0.3 is 0 Å². The molecular formula is C22H20N4O4. The summed E-state index contributed by atoms with van der Waals surface area (Å²) < 4.78 is 1.29. The molecule has 0 atom stereocenters. The van der Waals surface area contributed by atoms with E-state index in [1.807, 2.05) is 25.1 Å². The normalized spacial score (nSPS) is 13.1. The van der Waals surface area contributed by atoms with Crippen LogP contribution in [0.3, 0.4) is 0 Å². The van der Waals surface area contributed by atoms with Crippen LogP contribution < -0.4 is 10.3 Å². The van der Waals surface area contributed by atoms with Gasteiger partial charge in [0.05, 0.1) is 10.6 Å². The molecule has 0 unspecified atom stereocenters. The Balaban J connectivity index is 1.85. The van der Waals surface area contributed by atoms with Crippen LogP contribution in [0.25, 0.3) is 5.69 Å². The predicted octanol–water partition coefficient (Wildman–Crippen LogP) is 3.35. The first-order chi connectivity index (χ1) is 14.4. The molecule has 0 saturated heterocycles. The number of aryl methyl sites for hydroxylation is 3. The second-order valence-corrected chi connectivity index (χ2v) is 7.30. The lowest BCUT2D eigenvalue weighted by molar-refractivity contribution is -0.384. The van der Waals surface area contributed by atoms with Crippen LogP contribution in [0.4, 0.5) is 11.4 Å². The summed E-state index contributed by atoms with van der Waals surface area (Å²) in [4.78, 5) is 38.6. The Labute approximate surface area is 172 Å². The summed E-state index contributed by atoms with van der Waals surface area (Å²) in [5.74, 6) is -0.498. The lowest BCUT2D eigenvalue weighted by atomic mass is 9.98. The third kappa shape index (κ3) is 3.26. The van der Waals surface area contributed by atoms with Crippen LogP contribution in [0.1, 0.15) is 33.7 Å². The number of hydrogen-bond acceptors (Lipinski definition) is 5. The topological polar surface area (TPSA) is 98.3 Å². The molecule has 0 saturated carbocycles. The number of rotatable bonds is 3. The Morgan fingerprint density at radius 1 is 1.13 bits per heavy atom. The highest BCUT2D eigenvalue weighted by Gasteiger charge is 2.28. The van der Waals surface area contributed by atoms with Crippen LogP contribution >= 0.6 is 0 Å². The van der Waals surface area contributed by atoms with Gasteiger partial charge in [0.1, 0.15) is 5.69 Å². The molecule has 2 heterocycles. The van der Waals surface area contributed by atoms with Crippen molar-refractivity contribution >= 4 is 17.3 Å². The van der Waals surface area contributed by atoms with Crippen molar-refractivity contribution in [1.82, 2.24) is 9.78 Å². The number of benzene rings is 2. The second-order valence-electron chi connectivity index (χ2n) is 7.30. The summed E-state index contributed by atoms with van der Waals surface area (Å²) in [6.07, 6.45) is 1.65. The van der Waals surface area contributed by atoms with Gasteiger partial charge in [0, 0.05) is 24.4 Å². The van der Waals surface area contributed by atoms with Crippen molar-refractivity contribution in [2.75, 3.05) is 11.4 Å². The van der Waals surface area contributed by atoms with Crippen LogP contribution in [-0.2, 0) is 6.42 Å². The molecule has 1 aliphatic heterocycles. The summed E-state index contributed by atoms with van der Waals surface area (Å²) in [6, 6.07) is 13.3. The van der Waals surface area contributed by atoms with E-state index in [1.165, 1.54) is 22.9 Å². The largest absolute Gasteiger partial charge is 0.306 e. The molecule has 0 aliphatic carbocycles. The summed E-state index contributed by atoms with van der Waals surface area (Å²) in [7, 11) is 0. The lowest BCUT2D eigenvalue weighted by Crippen LogP contribution is -2.40. The van der Waals surface area contributed by atoms with Crippen LogP contribution in [0.5, 0.6) is 0 Å². The molecule has 152 valence electrons. The monoisotopic (exact) mass is 404 g/mol. The van der Waals surface area contributed by atoms with Gasteiger partial charge in [-0.25, -0.2) is 4.68 Å². The van der Waals surface area contributed by atoms with E-state index in [4.69, 9.17) is 0 Å². The van der Waals surface area contributed by atoms with E-state index in [-0.39, 0.29) is 17.1 Å². The van der Waals surface area contributed by atoms with Gasteiger partial charge < -0.3 is 4.90 Å². The average Bonchev–Trinajstić information content (AvgIpc) is 2.73. The Morgan fingerprint density at radius 3 is 2.67 bits per heavy atom. The van der Waals surface area contributed by atoms with Crippen molar-refractivity contribution in [2.45, 2.75) is 26.7 Å². The fourth-order valence-corrected chi connectivity index (χ4v) is 3.92. The Bertz CT molecular complexity index is 1230. The number of nitro benzene ring substituents is 1. The average molecular weight is 404 g/mol. The second kappa shape index (κ2) is 7.55. The first-order valence-corrected chi connectivity index (χ1v) is 9.63. The maximum Gasteiger partial charge on any atom is 0.294 e. The van der Waals surface area contributed by atoms with Crippen molar-refractivity contribution in [3.05, 3.63) is 91.4 Å². The molecule has 1 amide bonds. The number of aromatic nitrogens is 2. The van der Waals surface area contributed by atoms with Crippen molar-refractivity contribution in [3.63, 3.8) is 0 Å². The molecule has 8 heteroatoms. The smallest absolute Gasteiger partial charge is 0.294 e. The van der Waals surface area contributed by atoms with Gasteiger partial charge in [-0.3, -0.25) is 19.7 Å². The summed E-state index contributed by atoms with van der Waals surface area (Å²) in [5.41, 5.74) is 2.50. The van der Waals surface area contributed by atoms with Gasteiger partial charge in [0.15, 0.2) is 5.69 Å². The molecule has 8 nitrogen and oxygen atoms in total. The van der Waals surface area contributed by atoms with E-state index in [0.29, 0.717) is 12.2 Å². The van der Waals surface area contributed by atoms with Gasteiger partial charge in [-0.1, -0.05) is 30.3 Å². The van der Waals surface area contributed by atoms with E-state index < -0.39 is 16.3 Å². The van der Waals surface area contributed by atoms with Gasteiger partial charge in [-0.2, -0.15) is 5.10 Å². The zero-order chi connectivity index (χ0) is 21.4. The quantitative estimate of drug-likeness (QED) is 0.492. The third-order valence-corrected chi connectivity index (χ3v) is 5.28. The number of amides is 1. The number of nitrogens with zero attached hydrogens (tertiary/aromatic N) is 4. The number of carbonyl (C=O) groups is 1.